The summed E-state index contributed by atoms with van der Waals surface area (Å²) in [6.45, 7) is 7.00. The van der Waals surface area contributed by atoms with Crippen molar-refractivity contribution in [3.8, 4) is 0 Å². The number of rotatable bonds is 11. The third-order valence-electron chi connectivity index (χ3n) is 3.86. The molecule has 3 N–H and O–H groups in total. The Morgan fingerprint density at radius 2 is 1.91 bits per heavy atom. The van der Waals surface area contributed by atoms with Gasteiger partial charge in [0.1, 0.15) is 5.60 Å². The number of ether oxygens (including phenoxy) is 1. The summed E-state index contributed by atoms with van der Waals surface area (Å²) in [5.74, 6) is -0.0774. The molecule has 0 aliphatic carbocycles. The van der Waals surface area contributed by atoms with Crippen molar-refractivity contribution in [2.24, 2.45) is 0 Å². The maximum absolute atomic E-state index is 11.9. The third-order valence-corrected chi connectivity index (χ3v) is 3.86. The summed E-state index contributed by atoms with van der Waals surface area (Å²) in [6, 6.07) is 7.76. The number of esters is 1. The second-order valence-electron chi connectivity index (χ2n) is 6.66. The van der Waals surface area contributed by atoms with E-state index in [1.54, 1.807) is 0 Å². The van der Waals surface area contributed by atoms with Crippen molar-refractivity contribution in [1.82, 2.24) is 0 Å². The van der Waals surface area contributed by atoms with E-state index in [9.17, 15) is 4.79 Å². The normalized spacial score (nSPS) is 11.3. The van der Waals surface area contributed by atoms with Crippen LogP contribution in [-0.4, -0.2) is 18.1 Å². The lowest BCUT2D eigenvalue weighted by atomic mass is 10.0. The van der Waals surface area contributed by atoms with Crippen LogP contribution in [0.1, 0.15) is 65.7 Å². The van der Waals surface area contributed by atoms with E-state index in [-0.39, 0.29) is 11.6 Å². The van der Waals surface area contributed by atoms with Gasteiger partial charge in [0, 0.05) is 13.0 Å². The molecule has 0 saturated carbocycles. The maximum Gasteiger partial charge on any atom is 0.306 e. The zero-order valence-corrected chi connectivity index (χ0v) is 14.9. The fraction of sp³-hybridized carbons (Fsp3) is 0.632. The molecular formula is C19H32N2O2. The number of anilines is 2. The molecule has 0 atom stereocenters. The lowest BCUT2D eigenvalue weighted by Gasteiger charge is -2.25. The lowest BCUT2D eigenvalue weighted by Crippen LogP contribution is -2.27. The fourth-order valence-electron chi connectivity index (χ4n) is 2.46. The topological polar surface area (TPSA) is 64.3 Å². The number of para-hydroxylation sites is 2. The van der Waals surface area contributed by atoms with Gasteiger partial charge in [-0.3, -0.25) is 4.79 Å². The van der Waals surface area contributed by atoms with Crippen LogP contribution in [0, 0.1) is 0 Å². The van der Waals surface area contributed by atoms with Crippen LogP contribution in [0.15, 0.2) is 24.3 Å². The number of benzene rings is 1. The molecule has 0 bridgehead atoms. The SMILES string of the molecule is CCCCC(C)(C)OC(=O)CCCCCNc1ccccc1N. The third kappa shape index (κ3) is 8.48. The molecule has 0 saturated heterocycles. The van der Waals surface area contributed by atoms with Crippen LogP contribution in [-0.2, 0) is 9.53 Å². The van der Waals surface area contributed by atoms with Crippen LogP contribution >= 0.6 is 0 Å². The summed E-state index contributed by atoms with van der Waals surface area (Å²) in [6.07, 6.45) is 6.54. The molecule has 4 heteroatoms. The molecule has 0 fully saturated rings. The highest BCUT2D eigenvalue weighted by molar-refractivity contribution is 5.69. The molecular weight excluding hydrogens is 288 g/mol. The first kappa shape index (κ1) is 19.3. The van der Waals surface area contributed by atoms with E-state index >= 15 is 0 Å². The Morgan fingerprint density at radius 1 is 1.17 bits per heavy atom. The van der Waals surface area contributed by atoms with Crippen molar-refractivity contribution in [2.75, 3.05) is 17.6 Å². The van der Waals surface area contributed by atoms with Gasteiger partial charge < -0.3 is 15.8 Å². The van der Waals surface area contributed by atoms with Crippen LogP contribution < -0.4 is 11.1 Å². The zero-order valence-electron chi connectivity index (χ0n) is 14.9. The first-order valence-corrected chi connectivity index (χ1v) is 8.75. The van der Waals surface area contributed by atoms with Crippen LogP contribution in [0.3, 0.4) is 0 Å². The maximum atomic E-state index is 11.9. The molecule has 0 amide bonds. The molecule has 0 spiro atoms. The summed E-state index contributed by atoms with van der Waals surface area (Å²) in [5.41, 5.74) is 7.28. The van der Waals surface area contributed by atoms with Gasteiger partial charge in [-0.15, -0.1) is 0 Å². The van der Waals surface area contributed by atoms with Gasteiger partial charge in [-0.05, 0) is 51.7 Å². The van der Waals surface area contributed by atoms with Gasteiger partial charge in [-0.1, -0.05) is 31.9 Å². The summed E-state index contributed by atoms with van der Waals surface area (Å²) < 4.78 is 5.56. The first-order valence-electron chi connectivity index (χ1n) is 8.75. The number of unbranched alkanes of at least 4 members (excludes halogenated alkanes) is 3. The van der Waals surface area contributed by atoms with E-state index in [4.69, 9.17) is 10.5 Å². The Balaban J connectivity index is 2.10. The minimum Gasteiger partial charge on any atom is -0.460 e. The lowest BCUT2D eigenvalue weighted by molar-refractivity contribution is -0.157. The zero-order chi connectivity index (χ0) is 17.1. The van der Waals surface area contributed by atoms with E-state index < -0.39 is 0 Å². The quantitative estimate of drug-likeness (QED) is 0.351. The van der Waals surface area contributed by atoms with Gasteiger partial charge in [-0.25, -0.2) is 0 Å². The molecule has 130 valence electrons. The minimum atomic E-state index is -0.334. The second-order valence-corrected chi connectivity index (χ2v) is 6.66. The van der Waals surface area contributed by atoms with Gasteiger partial charge in [0.25, 0.3) is 0 Å². The van der Waals surface area contributed by atoms with E-state index in [0.717, 1.165) is 56.4 Å². The molecule has 0 radical (unpaired) electrons. The van der Waals surface area contributed by atoms with Crippen molar-refractivity contribution >= 4 is 17.3 Å². The predicted octanol–water partition coefficient (Wildman–Crippen LogP) is 4.75. The first-order chi connectivity index (χ1) is 10.9. The van der Waals surface area contributed by atoms with Crippen LogP contribution in [0.25, 0.3) is 0 Å². The number of hydrogen-bond donors (Lipinski definition) is 2. The monoisotopic (exact) mass is 320 g/mol. The molecule has 1 rings (SSSR count). The molecule has 0 aromatic heterocycles. The van der Waals surface area contributed by atoms with Crippen molar-refractivity contribution in [3.05, 3.63) is 24.3 Å². The summed E-state index contributed by atoms with van der Waals surface area (Å²) in [7, 11) is 0. The second kappa shape index (κ2) is 10.1. The molecule has 23 heavy (non-hydrogen) atoms. The van der Waals surface area contributed by atoms with Crippen molar-refractivity contribution in [3.63, 3.8) is 0 Å². The molecule has 0 heterocycles. The van der Waals surface area contributed by atoms with Crippen molar-refractivity contribution < 1.29 is 9.53 Å². The van der Waals surface area contributed by atoms with E-state index in [0.29, 0.717) is 6.42 Å². The average Bonchev–Trinajstić information content (AvgIpc) is 2.50. The Bertz CT molecular complexity index is 472. The molecule has 1 aromatic rings. The Hall–Kier alpha value is -1.71. The van der Waals surface area contributed by atoms with Gasteiger partial charge in [0.05, 0.1) is 11.4 Å². The highest BCUT2D eigenvalue weighted by atomic mass is 16.6. The number of nitrogen functional groups attached to an aromatic ring is 1. The van der Waals surface area contributed by atoms with E-state index in [1.807, 2.05) is 38.1 Å². The minimum absolute atomic E-state index is 0.0774. The van der Waals surface area contributed by atoms with Crippen LogP contribution in [0.2, 0.25) is 0 Å². The van der Waals surface area contributed by atoms with Gasteiger partial charge in [-0.2, -0.15) is 0 Å². The Morgan fingerprint density at radius 3 is 2.61 bits per heavy atom. The Kier molecular flexibility index (Phi) is 8.52. The Labute approximate surface area is 140 Å². The highest BCUT2D eigenvalue weighted by Gasteiger charge is 2.21. The van der Waals surface area contributed by atoms with Crippen LogP contribution in [0.5, 0.6) is 0 Å². The molecule has 0 aliphatic heterocycles. The number of carbonyl (C=O) groups excluding carboxylic acids is 1. The molecule has 1 aromatic carbocycles. The molecule has 0 unspecified atom stereocenters. The standard InChI is InChI=1S/C19H32N2O2/c1-4-5-14-19(2,3)23-18(22)13-7-6-10-15-21-17-12-9-8-11-16(17)20/h8-9,11-12,21H,4-7,10,13-15,20H2,1-3H3. The number of nitrogens with two attached hydrogens (primary N) is 1. The van der Waals surface area contributed by atoms with Gasteiger partial charge in [0.15, 0.2) is 0 Å². The largest absolute Gasteiger partial charge is 0.460 e. The fourth-order valence-corrected chi connectivity index (χ4v) is 2.46. The van der Waals surface area contributed by atoms with E-state index in [2.05, 4.69) is 12.2 Å². The van der Waals surface area contributed by atoms with E-state index in [1.165, 1.54) is 0 Å². The summed E-state index contributed by atoms with van der Waals surface area (Å²) in [5, 5.41) is 3.32. The average molecular weight is 320 g/mol. The molecule has 0 aliphatic rings. The number of nitrogens with one attached hydrogen (secondary N) is 1. The van der Waals surface area contributed by atoms with Gasteiger partial charge >= 0.3 is 5.97 Å². The van der Waals surface area contributed by atoms with Gasteiger partial charge in [0.2, 0.25) is 0 Å². The van der Waals surface area contributed by atoms with Crippen LogP contribution in [0.4, 0.5) is 11.4 Å². The summed E-state index contributed by atoms with van der Waals surface area (Å²) >= 11 is 0. The summed E-state index contributed by atoms with van der Waals surface area (Å²) in [4.78, 5) is 11.9. The van der Waals surface area contributed by atoms with Crippen molar-refractivity contribution in [1.29, 1.82) is 0 Å². The highest BCUT2D eigenvalue weighted by Crippen LogP contribution is 2.19. The smallest absolute Gasteiger partial charge is 0.306 e. The number of carbonyl (C=O) groups is 1. The van der Waals surface area contributed by atoms with Crippen molar-refractivity contribution in [2.45, 2.75) is 71.3 Å². The number of hydrogen-bond acceptors (Lipinski definition) is 4. The molecule has 4 nitrogen and oxygen atoms in total. The predicted molar refractivity (Wildman–Crippen MR) is 97.5 cm³/mol.